The number of carbonyl (C=O) groups excluding carboxylic acids is 1. The number of nitrogens with two attached hydrogens (primary N) is 1. The number of rotatable bonds is 7. The van der Waals surface area contributed by atoms with Gasteiger partial charge in [0, 0.05) is 10.9 Å². The van der Waals surface area contributed by atoms with Crippen molar-refractivity contribution in [2.75, 3.05) is 6.61 Å². The summed E-state index contributed by atoms with van der Waals surface area (Å²) in [5, 5.41) is 4.94. The van der Waals surface area contributed by atoms with Crippen molar-refractivity contribution in [1.29, 1.82) is 0 Å². The van der Waals surface area contributed by atoms with Crippen molar-refractivity contribution in [2.24, 2.45) is 10.8 Å². The molecule has 0 fully saturated rings. The van der Waals surface area contributed by atoms with Gasteiger partial charge < -0.3 is 10.5 Å². The molecule has 0 aliphatic carbocycles. The Morgan fingerprint density at radius 3 is 2.63 bits per heavy atom. The molecule has 1 aromatic heterocycles. The van der Waals surface area contributed by atoms with Gasteiger partial charge in [0.1, 0.15) is 11.6 Å². The second kappa shape index (κ2) is 10.2. The minimum Gasteiger partial charge on any atom is -0.482 e. The van der Waals surface area contributed by atoms with Crippen LogP contribution >= 0.6 is 61.1 Å². The second-order valence-corrected chi connectivity index (χ2v) is 9.61. The Labute approximate surface area is 208 Å². The maximum absolute atomic E-state index is 13.1. The van der Waals surface area contributed by atoms with E-state index in [1.54, 1.807) is 12.3 Å². The first kappa shape index (κ1) is 23.1. The molecule has 3 aromatic rings. The lowest BCUT2D eigenvalue weighted by Gasteiger charge is -2.10. The van der Waals surface area contributed by atoms with E-state index in [0.29, 0.717) is 28.9 Å². The summed E-state index contributed by atoms with van der Waals surface area (Å²) < 4.78 is 9.26. The molecule has 0 bridgehead atoms. The first-order valence-electron chi connectivity index (χ1n) is 8.95. The monoisotopic (exact) mass is 694 g/mol. The lowest BCUT2D eigenvalue weighted by atomic mass is 10.2. The Balaban J connectivity index is 2.03. The van der Waals surface area contributed by atoms with Gasteiger partial charge in [0.2, 0.25) is 0 Å². The average Bonchev–Trinajstić information content (AvgIpc) is 2.67. The Morgan fingerprint density at radius 1 is 1.30 bits per heavy atom. The van der Waals surface area contributed by atoms with E-state index in [0.717, 1.165) is 23.6 Å². The van der Waals surface area contributed by atoms with Gasteiger partial charge in [0.05, 0.1) is 24.3 Å². The van der Waals surface area contributed by atoms with Crippen LogP contribution < -0.4 is 16.0 Å². The molecule has 0 radical (unpaired) electrons. The van der Waals surface area contributed by atoms with Gasteiger partial charge >= 0.3 is 0 Å². The molecular weight excluding hydrogens is 678 g/mol. The largest absolute Gasteiger partial charge is 0.482 e. The minimum absolute atomic E-state index is 0.187. The van der Waals surface area contributed by atoms with Crippen LogP contribution in [0.4, 0.5) is 0 Å². The molecule has 0 unspecified atom stereocenters. The third kappa shape index (κ3) is 5.38. The van der Waals surface area contributed by atoms with E-state index in [1.165, 1.54) is 4.68 Å². The lowest BCUT2D eigenvalue weighted by Crippen LogP contribution is -2.22. The van der Waals surface area contributed by atoms with Crippen LogP contribution in [0.5, 0.6) is 5.75 Å². The maximum Gasteiger partial charge on any atom is 0.282 e. The van der Waals surface area contributed by atoms with Crippen LogP contribution in [0.25, 0.3) is 10.9 Å². The number of primary amides is 1. The summed E-state index contributed by atoms with van der Waals surface area (Å²) in [5.41, 5.74) is 6.38. The van der Waals surface area contributed by atoms with E-state index >= 15 is 0 Å². The highest BCUT2D eigenvalue weighted by Crippen LogP contribution is 2.28. The minimum atomic E-state index is -0.537. The van der Waals surface area contributed by atoms with Gasteiger partial charge in [-0.25, -0.2) is 4.98 Å². The second-order valence-electron chi connectivity index (χ2n) is 6.37. The molecule has 30 heavy (non-hydrogen) atoms. The summed E-state index contributed by atoms with van der Waals surface area (Å²) in [6.07, 6.45) is 3.09. The number of ether oxygens (including phenoxy) is 1. The maximum atomic E-state index is 13.1. The van der Waals surface area contributed by atoms with Crippen molar-refractivity contribution in [3.63, 3.8) is 0 Å². The van der Waals surface area contributed by atoms with E-state index in [4.69, 9.17) is 10.5 Å². The van der Waals surface area contributed by atoms with Gasteiger partial charge in [-0.3, -0.25) is 9.59 Å². The van der Waals surface area contributed by atoms with Crippen LogP contribution in [-0.2, 0) is 11.2 Å². The number of carbonyl (C=O) groups is 1. The van der Waals surface area contributed by atoms with Crippen molar-refractivity contribution < 1.29 is 9.53 Å². The van der Waals surface area contributed by atoms with Crippen molar-refractivity contribution in [1.82, 2.24) is 9.66 Å². The Morgan fingerprint density at radius 2 is 2.00 bits per heavy atom. The number of aromatic nitrogens is 2. The first-order valence-corrected chi connectivity index (χ1v) is 11.9. The number of hydrogen-bond acceptors (Lipinski definition) is 5. The standard InChI is InChI=1S/C20H17BrI2N4O3/c1-2-3-18-26-16-5-4-12(21)8-13(16)20(29)27(18)25-9-11-6-14(22)19(15(23)7-11)30-10-17(24)28/h4-9H,2-3,10H2,1H3,(H2,24,28). The molecule has 0 spiro atoms. The van der Waals surface area contributed by atoms with E-state index in [2.05, 4.69) is 71.2 Å². The van der Waals surface area contributed by atoms with Gasteiger partial charge in [-0.2, -0.15) is 9.78 Å². The third-order valence-electron chi connectivity index (χ3n) is 4.05. The number of hydrogen-bond donors (Lipinski definition) is 1. The van der Waals surface area contributed by atoms with Crippen LogP contribution in [0.1, 0.15) is 24.7 Å². The van der Waals surface area contributed by atoms with Gasteiger partial charge in [-0.15, -0.1) is 0 Å². The molecule has 1 heterocycles. The summed E-state index contributed by atoms with van der Waals surface area (Å²) >= 11 is 7.65. The Kier molecular flexibility index (Phi) is 7.85. The number of halogens is 3. The highest BCUT2D eigenvalue weighted by molar-refractivity contribution is 14.1. The van der Waals surface area contributed by atoms with Crippen LogP contribution in [-0.4, -0.2) is 28.4 Å². The molecule has 7 nitrogen and oxygen atoms in total. The Bertz CT molecular complexity index is 1190. The summed E-state index contributed by atoms with van der Waals surface area (Å²) in [4.78, 5) is 28.7. The predicted octanol–water partition coefficient (Wildman–Crippen LogP) is 4.07. The molecule has 0 atom stereocenters. The van der Waals surface area contributed by atoms with Crippen LogP contribution in [0.3, 0.4) is 0 Å². The molecule has 1 amide bonds. The fraction of sp³-hybridized carbons (Fsp3) is 0.200. The quantitative estimate of drug-likeness (QED) is 0.298. The molecule has 0 saturated carbocycles. The zero-order valence-electron chi connectivity index (χ0n) is 15.9. The highest BCUT2D eigenvalue weighted by atomic mass is 127. The lowest BCUT2D eigenvalue weighted by molar-refractivity contribution is -0.119. The van der Waals surface area contributed by atoms with Gasteiger partial charge in [-0.05, 0) is 87.5 Å². The number of benzene rings is 2. The van der Waals surface area contributed by atoms with Crippen LogP contribution in [0, 0.1) is 7.14 Å². The number of amides is 1. The number of fused-ring (bicyclic) bond motifs is 1. The molecule has 156 valence electrons. The van der Waals surface area contributed by atoms with Crippen molar-refractivity contribution in [3.8, 4) is 5.75 Å². The molecule has 3 rings (SSSR count). The molecule has 0 aliphatic rings. The summed E-state index contributed by atoms with van der Waals surface area (Å²) in [5.74, 6) is 0.665. The molecule has 0 aliphatic heterocycles. The summed E-state index contributed by atoms with van der Waals surface area (Å²) in [7, 11) is 0. The van der Waals surface area contributed by atoms with Gasteiger partial charge in [-0.1, -0.05) is 22.9 Å². The van der Waals surface area contributed by atoms with E-state index in [-0.39, 0.29) is 12.2 Å². The molecule has 10 heteroatoms. The SMILES string of the molecule is CCCc1nc2ccc(Br)cc2c(=O)n1N=Cc1cc(I)c(OCC(N)=O)c(I)c1. The van der Waals surface area contributed by atoms with Crippen LogP contribution in [0.2, 0.25) is 0 Å². The van der Waals surface area contributed by atoms with E-state index in [9.17, 15) is 9.59 Å². The fourth-order valence-corrected chi connectivity index (χ4v) is 5.25. The van der Waals surface area contributed by atoms with Crippen molar-refractivity contribution >= 4 is 84.1 Å². The smallest absolute Gasteiger partial charge is 0.282 e. The van der Waals surface area contributed by atoms with Crippen LogP contribution in [0.15, 0.2) is 44.7 Å². The normalized spacial score (nSPS) is 11.3. The summed E-state index contributed by atoms with van der Waals surface area (Å²) in [6.45, 7) is 1.84. The van der Waals surface area contributed by atoms with E-state index < -0.39 is 5.91 Å². The van der Waals surface area contributed by atoms with Crippen molar-refractivity contribution in [2.45, 2.75) is 19.8 Å². The Hall–Kier alpha value is -1.54. The zero-order chi connectivity index (χ0) is 21.8. The zero-order valence-corrected chi connectivity index (χ0v) is 21.8. The number of nitrogens with zero attached hydrogens (tertiary/aromatic N) is 3. The van der Waals surface area contributed by atoms with Crippen molar-refractivity contribution in [3.05, 3.63) is 63.7 Å². The fourth-order valence-electron chi connectivity index (χ4n) is 2.76. The first-order chi connectivity index (χ1) is 14.3. The topological polar surface area (TPSA) is 99.6 Å². The average molecular weight is 695 g/mol. The number of aryl methyl sites for hydroxylation is 1. The summed E-state index contributed by atoms with van der Waals surface area (Å²) in [6, 6.07) is 9.16. The highest BCUT2D eigenvalue weighted by Gasteiger charge is 2.12. The molecule has 0 saturated heterocycles. The van der Waals surface area contributed by atoms with Gasteiger partial charge in [0.25, 0.3) is 11.5 Å². The van der Waals surface area contributed by atoms with Gasteiger partial charge in [0.15, 0.2) is 6.61 Å². The molecule has 2 aromatic carbocycles. The molecule has 2 N–H and O–H groups in total. The van der Waals surface area contributed by atoms with E-state index in [1.807, 2.05) is 31.2 Å². The molecular formula is C20H17BrI2N4O3. The predicted molar refractivity (Wildman–Crippen MR) is 137 cm³/mol. The third-order valence-corrected chi connectivity index (χ3v) is 6.15.